The number of halogens is 1. The summed E-state index contributed by atoms with van der Waals surface area (Å²) in [5, 5.41) is 15.2. The zero-order chi connectivity index (χ0) is 19.2. The lowest BCUT2D eigenvalue weighted by Gasteiger charge is -2.10. The summed E-state index contributed by atoms with van der Waals surface area (Å²) >= 11 is 0. The standard InChI is InChI=1S/C18H16FN5O3/c19-15-9-21-18(23-12-2-1-3-13(25)8-12)24-17(15)22-11-4-6-14(7-5-11)27-10-16(20)26/h1-9,25H,10H2,(H2,20,26)(H2,21,22,23,24). The quantitative estimate of drug-likeness (QED) is 0.505. The number of nitrogens with one attached hydrogen (secondary N) is 2. The molecule has 0 aliphatic heterocycles. The van der Waals surface area contributed by atoms with Crippen molar-refractivity contribution >= 4 is 29.0 Å². The van der Waals surface area contributed by atoms with Gasteiger partial charge in [0.2, 0.25) is 5.95 Å². The Morgan fingerprint density at radius 1 is 1.15 bits per heavy atom. The van der Waals surface area contributed by atoms with E-state index >= 15 is 0 Å². The first kappa shape index (κ1) is 17.9. The summed E-state index contributed by atoms with van der Waals surface area (Å²) in [6, 6.07) is 12.9. The number of hydrogen-bond donors (Lipinski definition) is 4. The van der Waals surface area contributed by atoms with E-state index in [-0.39, 0.29) is 24.1 Å². The molecule has 0 atom stereocenters. The molecule has 0 bridgehead atoms. The average molecular weight is 369 g/mol. The molecule has 3 aromatic rings. The molecule has 0 radical (unpaired) electrons. The summed E-state index contributed by atoms with van der Waals surface area (Å²) < 4.78 is 19.2. The van der Waals surface area contributed by atoms with E-state index in [1.165, 1.54) is 12.1 Å². The fraction of sp³-hybridized carbons (Fsp3) is 0.0556. The topological polar surface area (TPSA) is 122 Å². The highest BCUT2D eigenvalue weighted by molar-refractivity contribution is 5.75. The molecule has 0 aliphatic rings. The number of nitrogens with zero attached hydrogens (tertiary/aromatic N) is 2. The zero-order valence-corrected chi connectivity index (χ0v) is 14.0. The Bertz CT molecular complexity index is 950. The minimum absolute atomic E-state index is 0.0292. The van der Waals surface area contributed by atoms with Gasteiger partial charge in [-0.25, -0.2) is 9.37 Å². The molecule has 0 saturated heterocycles. The summed E-state index contributed by atoms with van der Waals surface area (Å²) in [4.78, 5) is 18.7. The van der Waals surface area contributed by atoms with E-state index in [1.54, 1.807) is 36.4 Å². The van der Waals surface area contributed by atoms with Crippen molar-refractivity contribution in [3.8, 4) is 11.5 Å². The highest BCUT2D eigenvalue weighted by atomic mass is 19.1. The number of rotatable bonds is 7. The fourth-order valence-electron chi connectivity index (χ4n) is 2.15. The zero-order valence-electron chi connectivity index (χ0n) is 14.0. The number of amides is 1. The molecule has 2 aromatic carbocycles. The predicted molar refractivity (Wildman–Crippen MR) is 97.8 cm³/mol. The molecule has 8 nitrogen and oxygen atoms in total. The third-order valence-corrected chi connectivity index (χ3v) is 3.34. The minimum Gasteiger partial charge on any atom is -0.508 e. The van der Waals surface area contributed by atoms with Gasteiger partial charge >= 0.3 is 0 Å². The Balaban J connectivity index is 1.71. The van der Waals surface area contributed by atoms with E-state index < -0.39 is 11.7 Å². The molecule has 1 aromatic heterocycles. The van der Waals surface area contributed by atoms with Crippen LogP contribution in [-0.4, -0.2) is 27.6 Å². The molecule has 0 fully saturated rings. The summed E-state index contributed by atoms with van der Waals surface area (Å²) in [7, 11) is 0. The molecule has 0 aliphatic carbocycles. The van der Waals surface area contributed by atoms with Crippen molar-refractivity contribution in [2.24, 2.45) is 5.73 Å². The monoisotopic (exact) mass is 369 g/mol. The average Bonchev–Trinajstić information content (AvgIpc) is 2.64. The largest absolute Gasteiger partial charge is 0.508 e. The van der Waals surface area contributed by atoms with Gasteiger partial charge in [0.25, 0.3) is 5.91 Å². The summed E-state index contributed by atoms with van der Waals surface area (Å²) in [6.07, 6.45) is 1.03. The van der Waals surface area contributed by atoms with Crippen LogP contribution in [0.25, 0.3) is 0 Å². The van der Waals surface area contributed by atoms with Crippen LogP contribution in [0.4, 0.5) is 27.5 Å². The van der Waals surface area contributed by atoms with Crippen molar-refractivity contribution in [2.75, 3.05) is 17.2 Å². The minimum atomic E-state index is -0.634. The Labute approximate surface area is 153 Å². The molecule has 138 valence electrons. The molecule has 3 rings (SSSR count). The number of anilines is 4. The SMILES string of the molecule is NC(=O)COc1ccc(Nc2nc(Nc3cccc(O)c3)ncc2F)cc1. The molecule has 27 heavy (non-hydrogen) atoms. The van der Waals surface area contributed by atoms with E-state index in [0.717, 1.165) is 6.20 Å². The number of phenolic OH excluding ortho intramolecular Hbond substituents is 1. The first-order valence-corrected chi connectivity index (χ1v) is 7.86. The van der Waals surface area contributed by atoms with Gasteiger partial charge < -0.3 is 26.2 Å². The van der Waals surface area contributed by atoms with Gasteiger partial charge in [-0.2, -0.15) is 4.98 Å². The van der Waals surface area contributed by atoms with Crippen molar-refractivity contribution in [3.05, 3.63) is 60.5 Å². The van der Waals surface area contributed by atoms with Gasteiger partial charge in [-0.3, -0.25) is 4.79 Å². The van der Waals surface area contributed by atoms with E-state index in [1.807, 2.05) is 0 Å². The van der Waals surface area contributed by atoms with Crippen LogP contribution in [0, 0.1) is 5.82 Å². The maximum Gasteiger partial charge on any atom is 0.255 e. The van der Waals surface area contributed by atoms with Crippen LogP contribution >= 0.6 is 0 Å². The lowest BCUT2D eigenvalue weighted by molar-refractivity contribution is -0.119. The second-order valence-corrected chi connectivity index (χ2v) is 5.47. The summed E-state index contributed by atoms with van der Waals surface area (Å²) in [5.41, 5.74) is 6.13. The van der Waals surface area contributed by atoms with Crippen LogP contribution in [0.3, 0.4) is 0 Å². The van der Waals surface area contributed by atoms with E-state index in [4.69, 9.17) is 10.5 Å². The molecule has 1 amide bonds. The van der Waals surface area contributed by atoms with Crippen LogP contribution in [0.5, 0.6) is 11.5 Å². The van der Waals surface area contributed by atoms with Gasteiger partial charge in [-0.15, -0.1) is 0 Å². The predicted octanol–water partition coefficient (Wildman–Crippen LogP) is 2.67. The summed E-state index contributed by atoms with van der Waals surface area (Å²) in [6.45, 7) is -0.225. The van der Waals surface area contributed by atoms with Crippen molar-refractivity contribution in [1.82, 2.24) is 9.97 Å². The second kappa shape index (κ2) is 8.00. The molecule has 0 saturated carbocycles. The van der Waals surface area contributed by atoms with Gasteiger partial charge in [0.1, 0.15) is 11.5 Å². The Morgan fingerprint density at radius 3 is 2.63 bits per heavy atom. The number of aromatic hydroxyl groups is 1. The van der Waals surface area contributed by atoms with Crippen LogP contribution in [0.1, 0.15) is 0 Å². The highest BCUT2D eigenvalue weighted by Gasteiger charge is 2.08. The van der Waals surface area contributed by atoms with Crippen LogP contribution in [-0.2, 0) is 4.79 Å². The number of aromatic nitrogens is 2. The first-order chi connectivity index (χ1) is 13.0. The van der Waals surface area contributed by atoms with Crippen LogP contribution in [0.15, 0.2) is 54.7 Å². The van der Waals surface area contributed by atoms with E-state index in [0.29, 0.717) is 17.1 Å². The molecule has 5 N–H and O–H groups in total. The van der Waals surface area contributed by atoms with Crippen LogP contribution < -0.4 is 21.1 Å². The maximum absolute atomic E-state index is 14.0. The van der Waals surface area contributed by atoms with Crippen molar-refractivity contribution in [3.63, 3.8) is 0 Å². The van der Waals surface area contributed by atoms with Gasteiger partial charge in [-0.05, 0) is 36.4 Å². The lowest BCUT2D eigenvalue weighted by atomic mass is 10.3. The molecule has 1 heterocycles. The Kier molecular flexibility index (Phi) is 5.31. The molecule has 0 unspecified atom stereocenters. The van der Waals surface area contributed by atoms with Gasteiger partial charge in [0.15, 0.2) is 18.2 Å². The number of nitrogens with two attached hydrogens (primary N) is 1. The fourth-order valence-corrected chi connectivity index (χ4v) is 2.15. The van der Waals surface area contributed by atoms with E-state index in [2.05, 4.69) is 20.6 Å². The van der Waals surface area contributed by atoms with Gasteiger partial charge in [0.05, 0.1) is 6.20 Å². The van der Waals surface area contributed by atoms with Crippen molar-refractivity contribution in [2.45, 2.75) is 0 Å². The van der Waals surface area contributed by atoms with Crippen LogP contribution in [0.2, 0.25) is 0 Å². The first-order valence-electron chi connectivity index (χ1n) is 7.86. The Morgan fingerprint density at radius 2 is 1.93 bits per heavy atom. The van der Waals surface area contributed by atoms with Gasteiger partial charge in [-0.1, -0.05) is 6.07 Å². The van der Waals surface area contributed by atoms with Crippen molar-refractivity contribution in [1.29, 1.82) is 0 Å². The highest BCUT2D eigenvalue weighted by Crippen LogP contribution is 2.23. The second-order valence-electron chi connectivity index (χ2n) is 5.47. The smallest absolute Gasteiger partial charge is 0.255 e. The number of ether oxygens (including phenoxy) is 1. The number of primary amides is 1. The molecular weight excluding hydrogens is 353 g/mol. The molecule has 0 spiro atoms. The van der Waals surface area contributed by atoms with E-state index in [9.17, 15) is 14.3 Å². The molecular formula is C18H16FN5O3. The lowest BCUT2D eigenvalue weighted by Crippen LogP contribution is -2.19. The number of hydrogen-bond acceptors (Lipinski definition) is 7. The third-order valence-electron chi connectivity index (χ3n) is 3.34. The number of phenols is 1. The summed E-state index contributed by atoms with van der Waals surface area (Å²) in [5.74, 6) is -0.547. The number of carbonyl (C=O) groups excluding carboxylic acids is 1. The Hall–Kier alpha value is -3.88. The maximum atomic E-state index is 14.0. The normalized spacial score (nSPS) is 10.3. The molecule has 9 heteroatoms. The number of carbonyl (C=O) groups is 1. The van der Waals surface area contributed by atoms with Gasteiger partial charge in [0, 0.05) is 17.4 Å². The third kappa shape index (κ3) is 5.05. The number of benzene rings is 2. The van der Waals surface area contributed by atoms with Crippen molar-refractivity contribution < 1.29 is 19.0 Å².